The molecule has 2 heterocycles. The van der Waals surface area contributed by atoms with E-state index in [1.54, 1.807) is 0 Å². The standard InChI is InChI=1S/C19H34N6/c1-15-9-11-16(12-10-15)22-19(20-2)21-13-6-8-18-24-23-17-7-4-3-5-14-25(17)18/h15-16H,3-14H2,1-2H3,(H2,20,21,22). The third-order valence-corrected chi connectivity index (χ3v) is 5.64. The summed E-state index contributed by atoms with van der Waals surface area (Å²) in [6.07, 6.45) is 12.1. The molecule has 1 aliphatic heterocycles. The van der Waals surface area contributed by atoms with E-state index in [0.717, 1.165) is 50.1 Å². The summed E-state index contributed by atoms with van der Waals surface area (Å²) in [6, 6.07) is 0.578. The highest BCUT2D eigenvalue weighted by Crippen LogP contribution is 2.23. The Bertz CT molecular complexity index is 556. The van der Waals surface area contributed by atoms with Crippen LogP contribution in [0.3, 0.4) is 0 Å². The number of hydrogen-bond acceptors (Lipinski definition) is 3. The van der Waals surface area contributed by atoms with E-state index < -0.39 is 0 Å². The van der Waals surface area contributed by atoms with Crippen LogP contribution in [0.5, 0.6) is 0 Å². The normalized spacial score (nSPS) is 24.5. The van der Waals surface area contributed by atoms with Crippen LogP contribution in [0.15, 0.2) is 4.99 Å². The zero-order chi connectivity index (χ0) is 17.5. The lowest BCUT2D eigenvalue weighted by Crippen LogP contribution is -2.45. The summed E-state index contributed by atoms with van der Waals surface area (Å²) >= 11 is 0. The second kappa shape index (κ2) is 9.20. The Morgan fingerprint density at radius 2 is 2.00 bits per heavy atom. The molecule has 0 unspecified atom stereocenters. The monoisotopic (exact) mass is 346 g/mol. The maximum absolute atomic E-state index is 4.42. The summed E-state index contributed by atoms with van der Waals surface area (Å²) in [6.45, 7) is 4.37. The van der Waals surface area contributed by atoms with Crippen LogP contribution in [0.2, 0.25) is 0 Å². The van der Waals surface area contributed by atoms with Crippen LogP contribution in [0.25, 0.3) is 0 Å². The van der Waals surface area contributed by atoms with E-state index in [9.17, 15) is 0 Å². The third kappa shape index (κ3) is 5.19. The second-order valence-electron chi connectivity index (χ2n) is 7.70. The molecule has 0 aromatic carbocycles. The predicted octanol–water partition coefficient (Wildman–Crippen LogP) is 2.68. The van der Waals surface area contributed by atoms with Crippen molar-refractivity contribution in [1.82, 2.24) is 25.4 Å². The summed E-state index contributed by atoms with van der Waals surface area (Å²) in [5.74, 6) is 4.17. The minimum Gasteiger partial charge on any atom is -0.356 e. The number of hydrogen-bond donors (Lipinski definition) is 2. The van der Waals surface area contributed by atoms with E-state index in [1.807, 2.05) is 7.05 Å². The van der Waals surface area contributed by atoms with Gasteiger partial charge in [0, 0.05) is 39.0 Å². The van der Waals surface area contributed by atoms with E-state index in [0.29, 0.717) is 6.04 Å². The van der Waals surface area contributed by atoms with E-state index in [-0.39, 0.29) is 0 Å². The van der Waals surface area contributed by atoms with E-state index in [2.05, 4.69) is 37.3 Å². The van der Waals surface area contributed by atoms with Crippen LogP contribution in [-0.2, 0) is 19.4 Å². The average Bonchev–Trinajstić information content (AvgIpc) is 2.86. The SMILES string of the molecule is CN=C(NCCCc1nnc2n1CCCCC2)NC1CCC(C)CC1. The molecule has 6 heteroatoms. The van der Waals surface area contributed by atoms with Crippen molar-refractivity contribution in [2.75, 3.05) is 13.6 Å². The molecule has 3 rings (SSSR count). The molecule has 0 spiro atoms. The van der Waals surface area contributed by atoms with Gasteiger partial charge >= 0.3 is 0 Å². The Kier molecular flexibility index (Phi) is 6.70. The maximum atomic E-state index is 4.42. The molecule has 1 saturated carbocycles. The van der Waals surface area contributed by atoms with Crippen molar-refractivity contribution in [3.8, 4) is 0 Å². The maximum Gasteiger partial charge on any atom is 0.191 e. The predicted molar refractivity (Wildman–Crippen MR) is 102 cm³/mol. The number of aryl methyl sites for hydroxylation is 2. The van der Waals surface area contributed by atoms with Gasteiger partial charge in [0.2, 0.25) is 0 Å². The zero-order valence-corrected chi connectivity index (χ0v) is 15.9. The van der Waals surface area contributed by atoms with Crippen LogP contribution in [-0.4, -0.2) is 40.4 Å². The molecular formula is C19H34N6. The fourth-order valence-electron chi connectivity index (χ4n) is 3.98. The number of guanidine groups is 1. The van der Waals surface area contributed by atoms with Gasteiger partial charge in [-0.15, -0.1) is 10.2 Å². The van der Waals surface area contributed by atoms with Gasteiger partial charge in [0.05, 0.1) is 0 Å². The number of rotatable bonds is 5. The van der Waals surface area contributed by atoms with Gasteiger partial charge in [0.15, 0.2) is 5.96 Å². The molecule has 1 aromatic heterocycles. The van der Waals surface area contributed by atoms with Gasteiger partial charge in [0.25, 0.3) is 0 Å². The lowest BCUT2D eigenvalue weighted by atomic mass is 9.87. The summed E-state index contributed by atoms with van der Waals surface area (Å²) in [7, 11) is 1.86. The van der Waals surface area contributed by atoms with Crippen LogP contribution in [0, 0.1) is 5.92 Å². The van der Waals surface area contributed by atoms with Gasteiger partial charge in [-0.25, -0.2) is 0 Å². The third-order valence-electron chi connectivity index (χ3n) is 5.64. The van der Waals surface area contributed by atoms with Crippen molar-refractivity contribution in [2.45, 2.75) is 83.7 Å². The zero-order valence-electron chi connectivity index (χ0n) is 15.9. The molecule has 2 aliphatic rings. The number of nitrogens with one attached hydrogen (secondary N) is 2. The van der Waals surface area contributed by atoms with Gasteiger partial charge in [-0.1, -0.05) is 13.3 Å². The molecule has 6 nitrogen and oxygen atoms in total. The number of fused-ring (bicyclic) bond motifs is 1. The first-order valence-corrected chi connectivity index (χ1v) is 10.1. The van der Waals surface area contributed by atoms with Crippen LogP contribution >= 0.6 is 0 Å². The van der Waals surface area contributed by atoms with Crippen molar-refractivity contribution < 1.29 is 0 Å². The smallest absolute Gasteiger partial charge is 0.191 e. The quantitative estimate of drug-likeness (QED) is 0.489. The molecule has 2 N–H and O–H groups in total. The fraction of sp³-hybridized carbons (Fsp3) is 0.842. The van der Waals surface area contributed by atoms with Crippen molar-refractivity contribution in [2.24, 2.45) is 10.9 Å². The number of aliphatic imine (C=N–C) groups is 1. The van der Waals surface area contributed by atoms with Gasteiger partial charge in [0.1, 0.15) is 11.6 Å². The topological polar surface area (TPSA) is 67.1 Å². The molecule has 1 aliphatic carbocycles. The Labute approximate surface area is 151 Å². The summed E-state index contributed by atoms with van der Waals surface area (Å²) < 4.78 is 2.35. The Balaban J connectivity index is 1.39. The highest BCUT2D eigenvalue weighted by atomic mass is 15.3. The van der Waals surface area contributed by atoms with E-state index >= 15 is 0 Å². The van der Waals surface area contributed by atoms with Gasteiger partial charge < -0.3 is 15.2 Å². The number of nitrogens with zero attached hydrogens (tertiary/aromatic N) is 4. The Hall–Kier alpha value is -1.59. The van der Waals surface area contributed by atoms with Crippen molar-refractivity contribution in [3.05, 3.63) is 11.6 Å². The Morgan fingerprint density at radius 1 is 1.16 bits per heavy atom. The first-order chi connectivity index (χ1) is 12.3. The Morgan fingerprint density at radius 3 is 2.80 bits per heavy atom. The minimum atomic E-state index is 0.578. The summed E-state index contributed by atoms with van der Waals surface area (Å²) in [5, 5.41) is 15.9. The van der Waals surface area contributed by atoms with Crippen molar-refractivity contribution in [3.63, 3.8) is 0 Å². The number of aromatic nitrogens is 3. The molecule has 140 valence electrons. The van der Waals surface area contributed by atoms with E-state index in [4.69, 9.17) is 0 Å². The van der Waals surface area contributed by atoms with Crippen LogP contribution in [0.1, 0.15) is 69.9 Å². The summed E-state index contributed by atoms with van der Waals surface area (Å²) in [4.78, 5) is 4.38. The first kappa shape index (κ1) is 18.2. The van der Waals surface area contributed by atoms with Gasteiger partial charge in [-0.05, 0) is 50.9 Å². The van der Waals surface area contributed by atoms with E-state index in [1.165, 1.54) is 50.8 Å². The molecule has 0 saturated heterocycles. The highest BCUT2D eigenvalue weighted by molar-refractivity contribution is 5.79. The molecule has 0 amide bonds. The van der Waals surface area contributed by atoms with Crippen LogP contribution in [0.4, 0.5) is 0 Å². The first-order valence-electron chi connectivity index (χ1n) is 10.1. The molecule has 25 heavy (non-hydrogen) atoms. The summed E-state index contributed by atoms with van der Waals surface area (Å²) in [5.41, 5.74) is 0. The fourth-order valence-corrected chi connectivity index (χ4v) is 3.98. The van der Waals surface area contributed by atoms with Crippen LogP contribution < -0.4 is 10.6 Å². The average molecular weight is 347 g/mol. The molecule has 1 fully saturated rings. The molecular weight excluding hydrogens is 312 g/mol. The van der Waals surface area contributed by atoms with Gasteiger partial charge in [-0.3, -0.25) is 4.99 Å². The molecule has 0 bridgehead atoms. The molecule has 1 aromatic rings. The minimum absolute atomic E-state index is 0.578. The molecule has 0 atom stereocenters. The second-order valence-corrected chi connectivity index (χ2v) is 7.70. The van der Waals surface area contributed by atoms with Gasteiger partial charge in [-0.2, -0.15) is 0 Å². The van der Waals surface area contributed by atoms with Crippen molar-refractivity contribution in [1.29, 1.82) is 0 Å². The van der Waals surface area contributed by atoms with Crippen molar-refractivity contribution >= 4 is 5.96 Å². The highest BCUT2D eigenvalue weighted by Gasteiger charge is 2.19. The lowest BCUT2D eigenvalue weighted by molar-refractivity contribution is 0.329. The largest absolute Gasteiger partial charge is 0.356 e. The molecule has 0 radical (unpaired) electrons. The lowest BCUT2D eigenvalue weighted by Gasteiger charge is -2.28.